The first-order valence-electron chi connectivity index (χ1n) is 11.6. The van der Waals surface area contributed by atoms with Crippen molar-refractivity contribution in [3.8, 4) is 22.5 Å². The predicted molar refractivity (Wildman–Crippen MR) is 138 cm³/mol. The lowest BCUT2D eigenvalue weighted by atomic mass is 9.88. The molecule has 0 aliphatic rings. The molecule has 8 nitrogen and oxygen atoms in total. The molecule has 3 aromatic carbocycles. The number of aromatic amines is 2. The number of H-pyrrole nitrogens is 2. The molecule has 9 heteroatoms. The Morgan fingerprint density at radius 2 is 1.78 bits per heavy atom. The summed E-state index contributed by atoms with van der Waals surface area (Å²) in [5.74, 6) is 0.111. The van der Waals surface area contributed by atoms with Gasteiger partial charge < -0.3 is 19.4 Å². The van der Waals surface area contributed by atoms with E-state index in [9.17, 15) is 9.90 Å². The third-order valence-electron chi connectivity index (χ3n) is 6.30. The summed E-state index contributed by atoms with van der Waals surface area (Å²) in [6, 6.07) is 21.0. The van der Waals surface area contributed by atoms with E-state index in [0.717, 1.165) is 22.3 Å². The van der Waals surface area contributed by atoms with Gasteiger partial charge in [-0.3, -0.25) is 0 Å². The lowest BCUT2D eigenvalue weighted by Crippen LogP contribution is -2.32. The maximum atomic E-state index is 11.7. The molecule has 2 aromatic heterocycles. The van der Waals surface area contributed by atoms with E-state index in [0.29, 0.717) is 35.7 Å². The Hall–Kier alpha value is -4.08. The van der Waals surface area contributed by atoms with Gasteiger partial charge in [-0.2, -0.15) is 4.98 Å². The molecule has 0 fully saturated rings. The number of hydrogen-bond donors (Lipinski definition) is 3. The Balaban J connectivity index is 1.60. The number of hydrogen-bond acceptors (Lipinski definition) is 6. The number of fused-ring (bicyclic) bond motifs is 1. The number of rotatable bonds is 8. The van der Waals surface area contributed by atoms with E-state index in [2.05, 4.69) is 15.1 Å². The summed E-state index contributed by atoms with van der Waals surface area (Å²) in [7, 11) is 0. The van der Waals surface area contributed by atoms with Gasteiger partial charge in [-0.1, -0.05) is 61.5 Å². The van der Waals surface area contributed by atoms with Crippen molar-refractivity contribution >= 4 is 29.2 Å². The van der Waals surface area contributed by atoms with Crippen molar-refractivity contribution in [1.29, 1.82) is 0 Å². The molecule has 1 atom stereocenters. The van der Waals surface area contributed by atoms with E-state index in [1.165, 1.54) is 0 Å². The summed E-state index contributed by atoms with van der Waals surface area (Å²) in [5.41, 5.74) is 4.06. The molecule has 0 radical (unpaired) electrons. The van der Waals surface area contributed by atoms with Crippen LogP contribution in [0.3, 0.4) is 0 Å². The first kappa shape index (κ1) is 23.7. The van der Waals surface area contributed by atoms with E-state index >= 15 is 0 Å². The Labute approximate surface area is 212 Å². The van der Waals surface area contributed by atoms with Crippen molar-refractivity contribution < 1.29 is 19.2 Å². The minimum absolute atomic E-state index is 0.148. The topological polar surface area (TPSA) is 117 Å². The highest BCUT2D eigenvalue weighted by molar-refractivity contribution is 7.71. The van der Waals surface area contributed by atoms with Crippen molar-refractivity contribution in [2.75, 3.05) is 6.61 Å². The van der Waals surface area contributed by atoms with Gasteiger partial charge >= 0.3 is 10.8 Å². The zero-order valence-electron chi connectivity index (χ0n) is 19.7. The summed E-state index contributed by atoms with van der Waals surface area (Å²) in [5, 5.41) is 12.4. The van der Waals surface area contributed by atoms with Gasteiger partial charge in [0.25, 0.3) is 0 Å². The third-order valence-corrected chi connectivity index (χ3v) is 6.47. The average molecular weight is 501 g/mol. The number of imidazole rings is 1. The van der Waals surface area contributed by atoms with Crippen molar-refractivity contribution in [1.82, 2.24) is 20.1 Å². The molecule has 0 spiro atoms. The number of ether oxygens (including phenoxy) is 1. The molecule has 0 saturated carbocycles. The number of benzene rings is 3. The van der Waals surface area contributed by atoms with Crippen LogP contribution in [-0.4, -0.2) is 37.8 Å². The predicted octanol–water partition coefficient (Wildman–Crippen LogP) is 6.33. The summed E-state index contributed by atoms with van der Waals surface area (Å²) < 4.78 is 11.5. The summed E-state index contributed by atoms with van der Waals surface area (Å²) >= 11 is 5.02. The van der Waals surface area contributed by atoms with Crippen LogP contribution in [0.4, 0.5) is 0 Å². The number of nitrogens with zero attached hydrogens (tertiary/aromatic N) is 2. The molecule has 3 N–H and O–H groups in total. The SMILES string of the molecule is CCOC(CC)(c1ccc(-c2ccccc2-c2nc(=S)o[nH]2)cc1)c1nc2c(C(=O)O)cccc2[nH]1. The van der Waals surface area contributed by atoms with Gasteiger partial charge in [0.15, 0.2) is 11.4 Å². The highest BCUT2D eigenvalue weighted by Crippen LogP contribution is 2.38. The van der Waals surface area contributed by atoms with Crippen LogP contribution >= 0.6 is 12.2 Å². The van der Waals surface area contributed by atoms with Crippen LogP contribution in [-0.2, 0) is 10.3 Å². The number of para-hydroxylation sites is 1. The molecule has 0 bridgehead atoms. The maximum Gasteiger partial charge on any atom is 0.337 e. The normalized spacial score (nSPS) is 13.1. The van der Waals surface area contributed by atoms with Gasteiger partial charge in [0.1, 0.15) is 11.3 Å². The van der Waals surface area contributed by atoms with Crippen LogP contribution in [0.25, 0.3) is 33.5 Å². The van der Waals surface area contributed by atoms with E-state index in [1.54, 1.807) is 12.1 Å². The number of aromatic carboxylic acids is 1. The standard InChI is InChI=1S/C27H24N4O4S/c1-3-27(34-4-2,25-28-21-11-7-10-20(24(32)33)22(21)29-25)17-14-12-16(13-15-17)18-8-5-6-9-19(18)23-30-26(36)35-31-23/h5-15H,3-4H2,1-2H3,(H,28,29)(H,32,33)(H,30,31,36). The number of aromatic nitrogens is 4. The fourth-order valence-corrected chi connectivity index (χ4v) is 4.74. The molecular formula is C27H24N4O4S. The third kappa shape index (κ3) is 4.02. The second-order valence-corrected chi connectivity index (χ2v) is 8.61. The Morgan fingerprint density at radius 3 is 2.42 bits per heavy atom. The molecule has 0 amide bonds. The molecule has 36 heavy (non-hydrogen) atoms. The molecule has 5 rings (SSSR count). The van der Waals surface area contributed by atoms with Crippen molar-refractivity contribution in [3.63, 3.8) is 0 Å². The Kier molecular flexibility index (Phi) is 6.26. The van der Waals surface area contributed by atoms with Crippen molar-refractivity contribution in [2.45, 2.75) is 25.9 Å². The molecule has 0 saturated heterocycles. The monoisotopic (exact) mass is 500 g/mol. The van der Waals surface area contributed by atoms with Crippen LogP contribution in [0.1, 0.15) is 42.0 Å². The average Bonchev–Trinajstić information content (AvgIpc) is 3.54. The fourth-order valence-electron chi connectivity index (χ4n) is 4.61. The number of nitrogens with one attached hydrogen (secondary N) is 2. The number of carboxylic acids is 1. The summed E-state index contributed by atoms with van der Waals surface area (Å²) in [6.45, 7) is 4.41. The summed E-state index contributed by atoms with van der Waals surface area (Å²) in [6.07, 6.45) is 0.592. The van der Waals surface area contributed by atoms with E-state index < -0.39 is 11.6 Å². The van der Waals surface area contributed by atoms with Gasteiger partial charge in [-0.05, 0) is 54.4 Å². The minimum atomic E-state index is -1.02. The van der Waals surface area contributed by atoms with Crippen LogP contribution in [0, 0.1) is 4.84 Å². The van der Waals surface area contributed by atoms with E-state index in [1.807, 2.05) is 68.4 Å². The molecular weight excluding hydrogens is 476 g/mol. The zero-order chi connectivity index (χ0) is 25.3. The number of carbonyl (C=O) groups is 1. The molecule has 2 heterocycles. The summed E-state index contributed by atoms with van der Waals surface area (Å²) in [4.78, 5) is 24.2. The van der Waals surface area contributed by atoms with Crippen LogP contribution in [0.5, 0.6) is 0 Å². The van der Waals surface area contributed by atoms with E-state index in [4.69, 9.17) is 26.5 Å². The van der Waals surface area contributed by atoms with Crippen LogP contribution in [0.15, 0.2) is 71.3 Å². The van der Waals surface area contributed by atoms with Crippen molar-refractivity contribution in [3.05, 3.63) is 88.5 Å². The van der Waals surface area contributed by atoms with Gasteiger partial charge in [0.2, 0.25) is 0 Å². The molecule has 182 valence electrons. The first-order chi connectivity index (χ1) is 17.5. The zero-order valence-corrected chi connectivity index (χ0v) is 20.6. The highest BCUT2D eigenvalue weighted by Gasteiger charge is 2.37. The molecule has 1 unspecified atom stereocenters. The van der Waals surface area contributed by atoms with Crippen LogP contribution < -0.4 is 0 Å². The lowest BCUT2D eigenvalue weighted by molar-refractivity contribution is -0.0199. The fraction of sp³-hybridized carbons (Fsp3) is 0.185. The molecule has 0 aliphatic heterocycles. The van der Waals surface area contributed by atoms with Crippen molar-refractivity contribution in [2.24, 2.45) is 0 Å². The molecule has 0 aliphatic carbocycles. The van der Waals surface area contributed by atoms with Gasteiger partial charge in [-0.25, -0.2) is 14.9 Å². The highest BCUT2D eigenvalue weighted by atomic mass is 32.1. The second-order valence-electron chi connectivity index (χ2n) is 8.26. The second kappa shape index (κ2) is 9.52. The number of carboxylic acid groups (broad SMARTS) is 1. The van der Waals surface area contributed by atoms with Gasteiger partial charge in [0.05, 0.1) is 11.1 Å². The van der Waals surface area contributed by atoms with Crippen LogP contribution in [0.2, 0.25) is 0 Å². The van der Waals surface area contributed by atoms with E-state index in [-0.39, 0.29) is 10.4 Å². The maximum absolute atomic E-state index is 11.7. The Morgan fingerprint density at radius 1 is 1.03 bits per heavy atom. The first-order valence-corrected chi connectivity index (χ1v) is 12.0. The Bertz CT molecular complexity index is 1600. The smallest absolute Gasteiger partial charge is 0.337 e. The quantitative estimate of drug-likeness (QED) is 0.213. The largest absolute Gasteiger partial charge is 0.478 e. The van der Waals surface area contributed by atoms with Gasteiger partial charge in [-0.15, -0.1) is 0 Å². The minimum Gasteiger partial charge on any atom is -0.478 e. The lowest BCUT2D eigenvalue weighted by Gasteiger charge is -2.31. The molecule has 5 aromatic rings. The van der Waals surface area contributed by atoms with Gasteiger partial charge in [0, 0.05) is 12.2 Å².